The predicted molar refractivity (Wildman–Crippen MR) is 83.5 cm³/mol. The first-order chi connectivity index (χ1) is 9.13. The highest BCUT2D eigenvalue weighted by molar-refractivity contribution is 7.98. The number of likely N-dealkylation sites (tertiary alicyclic amines) is 1. The zero-order valence-corrected chi connectivity index (χ0v) is 13.4. The number of carbonyl (C=O) groups is 1. The van der Waals surface area contributed by atoms with Crippen LogP contribution in [-0.4, -0.2) is 66.0 Å². The summed E-state index contributed by atoms with van der Waals surface area (Å²) in [5.41, 5.74) is 5.97. The Hall–Kier alpha value is -0.260. The third-order valence-electron chi connectivity index (χ3n) is 4.06. The van der Waals surface area contributed by atoms with Gasteiger partial charge in [-0.25, -0.2) is 0 Å². The van der Waals surface area contributed by atoms with Gasteiger partial charge in [-0.15, -0.1) is 0 Å². The van der Waals surface area contributed by atoms with Crippen molar-refractivity contribution in [3.05, 3.63) is 0 Å². The summed E-state index contributed by atoms with van der Waals surface area (Å²) >= 11 is 1.75. The van der Waals surface area contributed by atoms with Gasteiger partial charge >= 0.3 is 0 Å². The molecule has 1 fully saturated rings. The van der Waals surface area contributed by atoms with Crippen molar-refractivity contribution < 1.29 is 4.79 Å². The van der Waals surface area contributed by atoms with Crippen LogP contribution in [-0.2, 0) is 4.79 Å². The molecule has 1 atom stereocenters. The number of hydrogen-bond acceptors (Lipinski definition) is 4. The Kier molecular flexibility index (Phi) is 7.80. The molecule has 0 aromatic carbocycles. The van der Waals surface area contributed by atoms with Crippen molar-refractivity contribution in [2.24, 2.45) is 5.73 Å². The number of nitrogens with two attached hydrogens (primary N) is 1. The number of nitrogens with zero attached hydrogens (tertiary/aromatic N) is 2. The zero-order valence-electron chi connectivity index (χ0n) is 12.6. The molecule has 5 heteroatoms. The highest BCUT2D eigenvalue weighted by Gasteiger charge is 2.27. The topological polar surface area (TPSA) is 49.6 Å². The largest absolute Gasteiger partial charge is 0.341 e. The average molecular weight is 287 g/mol. The minimum Gasteiger partial charge on any atom is -0.341 e. The van der Waals surface area contributed by atoms with E-state index in [9.17, 15) is 4.79 Å². The zero-order chi connectivity index (χ0) is 14.3. The van der Waals surface area contributed by atoms with Gasteiger partial charge in [-0.1, -0.05) is 13.8 Å². The molecule has 0 spiro atoms. The first-order valence-corrected chi connectivity index (χ1v) is 8.80. The highest BCUT2D eigenvalue weighted by Crippen LogP contribution is 2.17. The minimum atomic E-state index is -0.308. The first-order valence-electron chi connectivity index (χ1n) is 7.41. The van der Waals surface area contributed by atoms with Crippen molar-refractivity contribution in [1.82, 2.24) is 9.80 Å². The van der Waals surface area contributed by atoms with E-state index in [1.807, 2.05) is 11.2 Å². The summed E-state index contributed by atoms with van der Waals surface area (Å²) in [6.45, 7) is 8.35. The fourth-order valence-electron chi connectivity index (χ4n) is 2.79. The van der Waals surface area contributed by atoms with E-state index in [1.54, 1.807) is 11.8 Å². The Morgan fingerprint density at radius 2 is 1.95 bits per heavy atom. The third kappa shape index (κ3) is 4.97. The SMILES string of the molecule is CCN(CC)C1CCN(C(=O)[C@@H](N)CCSC)CC1. The predicted octanol–water partition coefficient (Wildman–Crippen LogP) is 1.40. The molecule has 1 rings (SSSR count). The van der Waals surface area contributed by atoms with Gasteiger partial charge < -0.3 is 15.5 Å². The van der Waals surface area contributed by atoms with Crippen LogP contribution in [0.25, 0.3) is 0 Å². The van der Waals surface area contributed by atoms with Crippen LogP contribution < -0.4 is 5.73 Å². The number of hydrogen-bond donors (Lipinski definition) is 1. The van der Waals surface area contributed by atoms with Crippen LogP contribution in [0.4, 0.5) is 0 Å². The van der Waals surface area contributed by atoms with E-state index in [1.165, 1.54) is 0 Å². The van der Waals surface area contributed by atoms with Gasteiger partial charge in [0.2, 0.25) is 5.91 Å². The standard InChI is InChI=1S/C14H29N3OS/c1-4-16(5-2)12-6-9-17(10-7-12)14(18)13(15)8-11-19-3/h12-13H,4-11,15H2,1-3H3/t13-/m0/s1. The Balaban J connectivity index is 2.38. The number of thioether (sulfide) groups is 1. The third-order valence-corrected chi connectivity index (χ3v) is 4.70. The van der Waals surface area contributed by atoms with E-state index >= 15 is 0 Å². The lowest BCUT2D eigenvalue weighted by atomic mass is 10.0. The normalized spacial score (nSPS) is 18.9. The second-order valence-corrected chi connectivity index (χ2v) is 6.15. The molecule has 4 nitrogen and oxygen atoms in total. The van der Waals surface area contributed by atoms with Crippen molar-refractivity contribution >= 4 is 17.7 Å². The lowest BCUT2D eigenvalue weighted by Crippen LogP contribution is -2.51. The van der Waals surface area contributed by atoms with Gasteiger partial charge in [0.05, 0.1) is 6.04 Å². The van der Waals surface area contributed by atoms with Crippen LogP contribution in [0.2, 0.25) is 0 Å². The fraction of sp³-hybridized carbons (Fsp3) is 0.929. The first kappa shape index (κ1) is 16.8. The monoisotopic (exact) mass is 287 g/mol. The van der Waals surface area contributed by atoms with Crippen LogP contribution in [0.5, 0.6) is 0 Å². The molecule has 2 N–H and O–H groups in total. The van der Waals surface area contributed by atoms with Gasteiger partial charge in [-0.2, -0.15) is 11.8 Å². The molecule has 1 saturated heterocycles. The Morgan fingerprint density at radius 3 is 2.42 bits per heavy atom. The Bertz CT molecular complexity index is 263. The molecule has 0 aromatic heterocycles. The molecule has 1 aliphatic rings. The number of carbonyl (C=O) groups excluding carboxylic acids is 1. The van der Waals surface area contributed by atoms with Gasteiger partial charge in [-0.05, 0) is 44.4 Å². The molecule has 0 unspecified atom stereocenters. The maximum Gasteiger partial charge on any atom is 0.239 e. The van der Waals surface area contributed by atoms with Gasteiger partial charge in [0.25, 0.3) is 0 Å². The average Bonchev–Trinajstić information content (AvgIpc) is 2.46. The molecule has 112 valence electrons. The maximum absolute atomic E-state index is 12.2. The second kappa shape index (κ2) is 8.82. The van der Waals surface area contributed by atoms with Gasteiger partial charge in [0.1, 0.15) is 0 Å². The van der Waals surface area contributed by atoms with E-state index < -0.39 is 0 Å². The van der Waals surface area contributed by atoms with Gasteiger partial charge in [-0.3, -0.25) is 4.79 Å². The summed E-state index contributed by atoms with van der Waals surface area (Å²) in [4.78, 5) is 16.7. The molecule has 1 amide bonds. The van der Waals surface area contributed by atoms with Crippen molar-refractivity contribution in [3.8, 4) is 0 Å². The number of rotatable bonds is 7. The summed E-state index contributed by atoms with van der Waals surface area (Å²) in [6, 6.07) is 0.332. The van der Waals surface area contributed by atoms with Crippen LogP contribution in [0.15, 0.2) is 0 Å². The number of piperidine rings is 1. The molecule has 0 aromatic rings. The summed E-state index contributed by atoms with van der Waals surface area (Å²) < 4.78 is 0. The molecule has 0 radical (unpaired) electrons. The minimum absolute atomic E-state index is 0.145. The molecule has 19 heavy (non-hydrogen) atoms. The van der Waals surface area contributed by atoms with E-state index in [-0.39, 0.29) is 11.9 Å². The van der Waals surface area contributed by atoms with Gasteiger partial charge in [0, 0.05) is 19.1 Å². The quantitative estimate of drug-likeness (QED) is 0.769. The fourth-order valence-corrected chi connectivity index (χ4v) is 3.28. The van der Waals surface area contributed by atoms with Crippen molar-refractivity contribution in [1.29, 1.82) is 0 Å². The van der Waals surface area contributed by atoms with E-state index in [4.69, 9.17) is 5.73 Å². The molecule has 0 saturated carbocycles. The maximum atomic E-state index is 12.2. The summed E-state index contributed by atoms with van der Waals surface area (Å²) in [5.74, 6) is 1.11. The summed E-state index contributed by atoms with van der Waals surface area (Å²) in [7, 11) is 0. The molecule has 0 aliphatic carbocycles. The molecule has 1 aliphatic heterocycles. The van der Waals surface area contributed by atoms with Crippen LogP contribution in [0, 0.1) is 0 Å². The van der Waals surface area contributed by atoms with Crippen molar-refractivity contribution in [2.75, 3.05) is 38.2 Å². The lowest BCUT2D eigenvalue weighted by molar-refractivity contribution is -0.134. The number of amides is 1. The Labute approximate surface area is 122 Å². The van der Waals surface area contributed by atoms with Gasteiger partial charge in [0.15, 0.2) is 0 Å². The van der Waals surface area contributed by atoms with Crippen LogP contribution in [0.1, 0.15) is 33.1 Å². The van der Waals surface area contributed by atoms with Crippen molar-refractivity contribution in [3.63, 3.8) is 0 Å². The van der Waals surface area contributed by atoms with E-state index in [2.05, 4.69) is 18.7 Å². The lowest BCUT2D eigenvalue weighted by Gasteiger charge is -2.38. The summed E-state index contributed by atoms with van der Waals surface area (Å²) in [5, 5.41) is 0. The van der Waals surface area contributed by atoms with Crippen LogP contribution >= 0.6 is 11.8 Å². The Morgan fingerprint density at radius 1 is 1.37 bits per heavy atom. The van der Waals surface area contributed by atoms with E-state index in [0.717, 1.165) is 51.2 Å². The molecular weight excluding hydrogens is 258 g/mol. The summed E-state index contributed by atoms with van der Waals surface area (Å²) in [6.07, 6.45) is 5.01. The highest BCUT2D eigenvalue weighted by atomic mass is 32.2. The second-order valence-electron chi connectivity index (χ2n) is 5.17. The molecular formula is C14H29N3OS. The van der Waals surface area contributed by atoms with Crippen LogP contribution in [0.3, 0.4) is 0 Å². The molecule has 0 bridgehead atoms. The smallest absolute Gasteiger partial charge is 0.239 e. The molecule has 1 heterocycles. The van der Waals surface area contributed by atoms with E-state index in [0.29, 0.717) is 6.04 Å². The van der Waals surface area contributed by atoms with Crippen molar-refractivity contribution in [2.45, 2.75) is 45.2 Å².